The van der Waals surface area contributed by atoms with Crippen molar-refractivity contribution in [2.24, 2.45) is 0 Å². The summed E-state index contributed by atoms with van der Waals surface area (Å²) in [6.07, 6.45) is -4.78. The van der Waals surface area contributed by atoms with E-state index in [1.807, 2.05) is 24.3 Å². The van der Waals surface area contributed by atoms with Gasteiger partial charge in [-0.1, -0.05) is 12.1 Å². The molecule has 216 valence electrons. The van der Waals surface area contributed by atoms with Crippen LogP contribution in [0.5, 0.6) is 5.75 Å². The van der Waals surface area contributed by atoms with Crippen molar-refractivity contribution in [2.45, 2.75) is 6.36 Å². The summed E-state index contributed by atoms with van der Waals surface area (Å²) < 4.78 is 40.8. The number of piperazine rings is 1. The van der Waals surface area contributed by atoms with Crippen molar-refractivity contribution in [2.75, 3.05) is 48.8 Å². The molecule has 2 amide bonds. The van der Waals surface area contributed by atoms with E-state index in [-0.39, 0.29) is 5.75 Å². The molecule has 0 aliphatic carbocycles. The number of nitrogens with one attached hydrogen (secondary N) is 4. The topological polar surface area (TPSA) is 114 Å². The van der Waals surface area contributed by atoms with Crippen molar-refractivity contribution in [1.29, 1.82) is 0 Å². The Morgan fingerprint density at radius 1 is 0.905 bits per heavy atom. The van der Waals surface area contributed by atoms with Crippen LogP contribution >= 0.6 is 0 Å². The molecule has 42 heavy (non-hydrogen) atoms. The number of nitrogens with zero attached hydrogens (tertiary/aromatic N) is 4. The number of aromatic nitrogens is 4. The third-order valence-corrected chi connectivity index (χ3v) is 6.95. The van der Waals surface area contributed by atoms with Gasteiger partial charge in [0.15, 0.2) is 5.82 Å². The Kier molecular flexibility index (Phi) is 7.17. The van der Waals surface area contributed by atoms with E-state index in [2.05, 4.69) is 59.5 Å². The lowest BCUT2D eigenvalue weighted by Crippen LogP contribution is -2.44. The van der Waals surface area contributed by atoms with E-state index < -0.39 is 12.4 Å². The Morgan fingerprint density at radius 2 is 1.57 bits per heavy atom. The average molecular weight is 577 g/mol. The number of halogens is 3. The van der Waals surface area contributed by atoms with E-state index >= 15 is 0 Å². The summed E-state index contributed by atoms with van der Waals surface area (Å²) >= 11 is 0. The van der Waals surface area contributed by atoms with Crippen LogP contribution < -0.4 is 20.3 Å². The molecule has 1 aliphatic rings. The number of H-pyrrole nitrogens is 2. The number of carbonyl (C=O) groups excluding carboxylic acids is 1. The molecule has 1 fully saturated rings. The van der Waals surface area contributed by atoms with E-state index in [0.717, 1.165) is 60.6 Å². The van der Waals surface area contributed by atoms with Gasteiger partial charge in [-0.2, -0.15) is 5.10 Å². The van der Waals surface area contributed by atoms with Crippen LogP contribution in [0.4, 0.5) is 35.0 Å². The highest BCUT2D eigenvalue weighted by Crippen LogP contribution is 2.28. The van der Waals surface area contributed by atoms with Crippen molar-refractivity contribution in [3.05, 3.63) is 72.8 Å². The Balaban J connectivity index is 1.08. The molecule has 10 nitrogen and oxygen atoms in total. The summed E-state index contributed by atoms with van der Waals surface area (Å²) in [4.78, 5) is 25.2. The van der Waals surface area contributed by atoms with Gasteiger partial charge in [-0.15, -0.1) is 13.2 Å². The zero-order valence-corrected chi connectivity index (χ0v) is 22.5. The number of carbonyl (C=O) groups is 1. The third kappa shape index (κ3) is 6.31. The summed E-state index contributed by atoms with van der Waals surface area (Å²) in [5, 5.41) is 12.7. The molecule has 3 heterocycles. The van der Waals surface area contributed by atoms with Crippen molar-refractivity contribution in [3.8, 4) is 28.5 Å². The maximum Gasteiger partial charge on any atom is 0.573 e. The van der Waals surface area contributed by atoms with Gasteiger partial charge >= 0.3 is 12.4 Å². The number of anilines is 3. The summed E-state index contributed by atoms with van der Waals surface area (Å²) in [5.74, 6) is 0.313. The quantitative estimate of drug-likeness (QED) is 0.200. The second kappa shape index (κ2) is 11.1. The average Bonchev–Trinajstić information content (AvgIpc) is 3.61. The normalized spacial score (nSPS) is 14.2. The highest BCUT2D eigenvalue weighted by atomic mass is 19.4. The number of imidazole rings is 1. The number of hydrogen-bond acceptors (Lipinski definition) is 6. The zero-order chi connectivity index (χ0) is 29.3. The molecule has 0 unspecified atom stereocenters. The van der Waals surface area contributed by atoms with E-state index in [1.165, 1.54) is 17.8 Å². The maximum atomic E-state index is 12.3. The van der Waals surface area contributed by atoms with Crippen LogP contribution in [0.15, 0.2) is 72.8 Å². The van der Waals surface area contributed by atoms with E-state index in [1.54, 1.807) is 12.1 Å². The first-order valence-electron chi connectivity index (χ1n) is 13.2. The standard InChI is InChI=1S/C29H27F3N8O2/c1-39-12-14-40(15-13-39)21-8-11-23-25(16-21)36-27(35-23)26-17-24(37-38-26)18-2-4-19(5-3-18)33-28(41)34-20-6-9-22(10-7-20)42-29(30,31)32/h2-11,16-17H,12-15H2,1H3,(H,35,36)(H,37,38)(H2,33,34,41). The van der Waals surface area contributed by atoms with Gasteiger partial charge in [0.1, 0.15) is 11.4 Å². The minimum atomic E-state index is -4.78. The van der Waals surface area contributed by atoms with Gasteiger partial charge in [0, 0.05) is 48.8 Å². The van der Waals surface area contributed by atoms with Gasteiger partial charge in [-0.3, -0.25) is 5.10 Å². The number of rotatable bonds is 6. The van der Waals surface area contributed by atoms with E-state index in [9.17, 15) is 18.0 Å². The first kappa shape index (κ1) is 27.1. The smallest absolute Gasteiger partial charge is 0.406 e. The number of fused-ring (bicyclic) bond motifs is 1. The van der Waals surface area contributed by atoms with Crippen LogP contribution in [0.1, 0.15) is 0 Å². The Bertz CT molecular complexity index is 1690. The molecule has 0 saturated carbocycles. The number of urea groups is 1. The number of ether oxygens (including phenoxy) is 1. The number of amides is 2. The first-order chi connectivity index (χ1) is 20.2. The molecule has 0 bridgehead atoms. The van der Waals surface area contributed by atoms with Gasteiger partial charge in [0.2, 0.25) is 0 Å². The molecule has 0 spiro atoms. The number of aromatic amines is 2. The molecule has 4 N–H and O–H groups in total. The van der Waals surface area contributed by atoms with Crippen LogP contribution in [0.3, 0.4) is 0 Å². The van der Waals surface area contributed by atoms with Gasteiger partial charge in [0.05, 0.1) is 16.7 Å². The fourth-order valence-corrected chi connectivity index (χ4v) is 4.74. The molecule has 13 heteroatoms. The van der Waals surface area contributed by atoms with Crippen molar-refractivity contribution >= 4 is 34.1 Å². The van der Waals surface area contributed by atoms with Gasteiger partial charge in [-0.25, -0.2) is 9.78 Å². The molecular weight excluding hydrogens is 549 g/mol. The molecule has 0 atom stereocenters. The van der Waals surface area contributed by atoms with E-state index in [4.69, 9.17) is 4.98 Å². The number of benzene rings is 3. The highest BCUT2D eigenvalue weighted by molar-refractivity contribution is 5.99. The van der Waals surface area contributed by atoms with Gasteiger partial charge in [-0.05, 0) is 67.7 Å². The van der Waals surface area contributed by atoms with Crippen LogP contribution in [0, 0.1) is 0 Å². The lowest BCUT2D eigenvalue weighted by Gasteiger charge is -2.34. The van der Waals surface area contributed by atoms with Crippen LogP contribution in [-0.2, 0) is 0 Å². The van der Waals surface area contributed by atoms with Gasteiger partial charge < -0.3 is 30.2 Å². The lowest BCUT2D eigenvalue weighted by molar-refractivity contribution is -0.274. The molecule has 3 aromatic carbocycles. The number of likely N-dealkylation sites (N-methyl/N-ethyl adjacent to an activating group) is 1. The van der Waals surface area contributed by atoms with Crippen LogP contribution in [0.2, 0.25) is 0 Å². The lowest BCUT2D eigenvalue weighted by atomic mass is 10.1. The number of hydrogen-bond donors (Lipinski definition) is 4. The molecule has 6 rings (SSSR count). The summed E-state index contributed by atoms with van der Waals surface area (Å²) in [6, 6.07) is 19.6. The minimum absolute atomic E-state index is 0.309. The third-order valence-electron chi connectivity index (χ3n) is 6.95. The predicted octanol–water partition coefficient (Wildman–Crippen LogP) is 5.91. The largest absolute Gasteiger partial charge is 0.573 e. The molecule has 2 aromatic heterocycles. The molecular formula is C29H27F3N8O2. The molecule has 1 aliphatic heterocycles. The second-order valence-electron chi connectivity index (χ2n) is 9.97. The summed E-state index contributed by atoms with van der Waals surface area (Å²) in [6.45, 7) is 4.05. The predicted molar refractivity (Wildman–Crippen MR) is 155 cm³/mol. The molecule has 5 aromatic rings. The highest BCUT2D eigenvalue weighted by Gasteiger charge is 2.31. The first-order valence-corrected chi connectivity index (χ1v) is 13.2. The van der Waals surface area contributed by atoms with Gasteiger partial charge in [0.25, 0.3) is 0 Å². The Morgan fingerprint density at radius 3 is 2.24 bits per heavy atom. The molecule has 0 radical (unpaired) electrons. The van der Waals surface area contributed by atoms with E-state index in [0.29, 0.717) is 22.9 Å². The summed E-state index contributed by atoms with van der Waals surface area (Å²) in [5.41, 5.74) is 6.12. The van der Waals surface area contributed by atoms with Crippen LogP contribution in [-0.4, -0.2) is 70.7 Å². The SMILES string of the molecule is CN1CCN(c2ccc3nc(-c4cc(-c5ccc(NC(=O)Nc6ccc(OC(F)(F)F)cc6)cc5)n[nH]4)[nH]c3c2)CC1. The number of alkyl halides is 3. The Labute approximate surface area is 238 Å². The zero-order valence-electron chi connectivity index (χ0n) is 22.5. The molecule has 1 saturated heterocycles. The van der Waals surface area contributed by atoms with Crippen molar-refractivity contribution in [3.63, 3.8) is 0 Å². The van der Waals surface area contributed by atoms with Crippen molar-refractivity contribution < 1.29 is 22.7 Å². The second-order valence-corrected chi connectivity index (χ2v) is 9.97. The fraction of sp³-hybridized carbons (Fsp3) is 0.207. The summed E-state index contributed by atoms with van der Waals surface area (Å²) in [7, 11) is 2.14. The van der Waals surface area contributed by atoms with Crippen LogP contribution in [0.25, 0.3) is 33.8 Å². The minimum Gasteiger partial charge on any atom is -0.406 e. The monoisotopic (exact) mass is 576 g/mol. The van der Waals surface area contributed by atoms with Crippen molar-refractivity contribution in [1.82, 2.24) is 25.1 Å². The fourth-order valence-electron chi connectivity index (χ4n) is 4.74. The maximum absolute atomic E-state index is 12.3. The Hall–Kier alpha value is -5.04.